The van der Waals surface area contributed by atoms with Crippen molar-refractivity contribution in [3.63, 3.8) is 0 Å². The fourth-order valence-corrected chi connectivity index (χ4v) is 4.78. The van der Waals surface area contributed by atoms with Crippen LogP contribution in [0, 0.1) is 0 Å². The smallest absolute Gasteiger partial charge is 0.200 e. The lowest BCUT2D eigenvalue weighted by atomic mass is 10.2. The molecule has 0 spiro atoms. The standard InChI is InChI=1S/C22H17BrClN3O3S/c23-19-7-6-17(30-19)21-25-26-22(27(21)12-14-4-2-1-3-5-14)31-13-15-10-16(24)20-18(11-15)28-8-9-29-20/h1-7,10-11H,8-9,12-13H2. The third kappa shape index (κ3) is 4.46. The molecule has 5 rings (SSSR count). The number of hydrogen-bond acceptors (Lipinski definition) is 6. The zero-order chi connectivity index (χ0) is 21.2. The molecule has 0 aliphatic carbocycles. The summed E-state index contributed by atoms with van der Waals surface area (Å²) >= 11 is 11.3. The SMILES string of the molecule is Clc1cc(CSc2nnc(-c3ccc(Br)o3)n2Cc2ccccc2)cc2c1OCCO2. The predicted octanol–water partition coefficient (Wildman–Crippen LogP) is 6.07. The number of thioether (sulfide) groups is 1. The Balaban J connectivity index is 1.43. The summed E-state index contributed by atoms with van der Waals surface area (Å²) in [6.45, 7) is 1.66. The van der Waals surface area contributed by atoms with Crippen LogP contribution in [0.4, 0.5) is 0 Å². The van der Waals surface area contributed by atoms with Crippen molar-refractivity contribution in [3.05, 3.63) is 75.4 Å². The van der Waals surface area contributed by atoms with E-state index in [1.807, 2.05) is 42.5 Å². The molecule has 2 aromatic carbocycles. The Labute approximate surface area is 196 Å². The van der Waals surface area contributed by atoms with E-state index in [2.05, 4.69) is 42.8 Å². The second-order valence-corrected chi connectivity index (χ2v) is 9.00. The van der Waals surface area contributed by atoms with Crippen molar-refractivity contribution in [1.82, 2.24) is 14.8 Å². The maximum Gasteiger partial charge on any atom is 0.200 e. The molecule has 9 heteroatoms. The highest BCUT2D eigenvalue weighted by atomic mass is 79.9. The first-order valence-electron chi connectivity index (χ1n) is 9.61. The average molecular weight is 519 g/mol. The summed E-state index contributed by atoms with van der Waals surface area (Å²) in [4.78, 5) is 0. The Bertz CT molecular complexity index is 1210. The molecule has 0 bridgehead atoms. The highest BCUT2D eigenvalue weighted by molar-refractivity contribution is 9.10. The predicted molar refractivity (Wildman–Crippen MR) is 123 cm³/mol. The molecule has 0 amide bonds. The summed E-state index contributed by atoms with van der Waals surface area (Å²) in [5, 5.41) is 10.2. The summed E-state index contributed by atoms with van der Waals surface area (Å²) in [6.07, 6.45) is 0. The van der Waals surface area contributed by atoms with Gasteiger partial charge < -0.3 is 13.9 Å². The molecule has 0 saturated carbocycles. The quantitative estimate of drug-likeness (QED) is 0.289. The van der Waals surface area contributed by atoms with Crippen molar-refractivity contribution in [2.45, 2.75) is 17.5 Å². The van der Waals surface area contributed by atoms with Gasteiger partial charge in [0.15, 0.2) is 27.1 Å². The first-order valence-corrected chi connectivity index (χ1v) is 11.8. The molecule has 1 aliphatic rings. The van der Waals surface area contributed by atoms with Crippen LogP contribution in [-0.2, 0) is 12.3 Å². The Morgan fingerprint density at radius 2 is 1.84 bits per heavy atom. The molecule has 31 heavy (non-hydrogen) atoms. The van der Waals surface area contributed by atoms with E-state index in [1.54, 1.807) is 11.8 Å². The lowest BCUT2D eigenvalue weighted by molar-refractivity contribution is 0.171. The first-order chi connectivity index (χ1) is 15.2. The van der Waals surface area contributed by atoms with E-state index in [4.69, 9.17) is 25.5 Å². The highest BCUT2D eigenvalue weighted by Crippen LogP contribution is 2.39. The first kappa shape index (κ1) is 20.5. The van der Waals surface area contributed by atoms with Crippen molar-refractivity contribution in [3.8, 4) is 23.1 Å². The number of rotatable bonds is 6. The zero-order valence-corrected chi connectivity index (χ0v) is 19.4. The number of aromatic nitrogens is 3. The highest BCUT2D eigenvalue weighted by Gasteiger charge is 2.20. The van der Waals surface area contributed by atoms with Gasteiger partial charge in [-0.3, -0.25) is 4.57 Å². The molecule has 158 valence electrons. The van der Waals surface area contributed by atoms with Crippen LogP contribution in [-0.4, -0.2) is 28.0 Å². The molecular formula is C22H17BrClN3O3S. The topological polar surface area (TPSA) is 62.3 Å². The minimum absolute atomic E-state index is 0.509. The van der Waals surface area contributed by atoms with Crippen LogP contribution in [0.3, 0.4) is 0 Å². The number of benzene rings is 2. The van der Waals surface area contributed by atoms with Gasteiger partial charge in [0, 0.05) is 5.75 Å². The van der Waals surface area contributed by atoms with Crippen molar-refractivity contribution < 1.29 is 13.9 Å². The number of ether oxygens (including phenoxy) is 2. The van der Waals surface area contributed by atoms with Crippen LogP contribution >= 0.6 is 39.3 Å². The van der Waals surface area contributed by atoms with Crippen LogP contribution in [0.25, 0.3) is 11.6 Å². The van der Waals surface area contributed by atoms with Gasteiger partial charge in [0.2, 0.25) is 5.82 Å². The van der Waals surface area contributed by atoms with E-state index in [9.17, 15) is 0 Å². The molecule has 2 aromatic heterocycles. The molecule has 0 N–H and O–H groups in total. The van der Waals surface area contributed by atoms with Crippen LogP contribution < -0.4 is 9.47 Å². The second kappa shape index (κ2) is 8.98. The summed E-state index contributed by atoms with van der Waals surface area (Å²) in [6, 6.07) is 17.8. The summed E-state index contributed by atoms with van der Waals surface area (Å²) in [7, 11) is 0. The van der Waals surface area contributed by atoms with Crippen molar-refractivity contribution in [2.24, 2.45) is 0 Å². The molecule has 4 aromatic rings. The molecule has 0 unspecified atom stereocenters. The number of fused-ring (bicyclic) bond motifs is 1. The molecule has 0 saturated heterocycles. The van der Waals surface area contributed by atoms with Crippen LogP contribution in [0.1, 0.15) is 11.1 Å². The van der Waals surface area contributed by atoms with E-state index in [1.165, 1.54) is 0 Å². The third-order valence-electron chi connectivity index (χ3n) is 4.72. The fourth-order valence-electron chi connectivity index (χ4n) is 3.32. The Kier molecular flexibility index (Phi) is 5.93. The normalized spacial score (nSPS) is 12.8. The van der Waals surface area contributed by atoms with Crippen molar-refractivity contribution in [2.75, 3.05) is 13.2 Å². The lowest BCUT2D eigenvalue weighted by Crippen LogP contribution is -2.15. The van der Waals surface area contributed by atoms with Gasteiger partial charge in [0.05, 0.1) is 11.6 Å². The Morgan fingerprint density at radius 3 is 2.65 bits per heavy atom. The minimum Gasteiger partial charge on any atom is -0.486 e. The van der Waals surface area contributed by atoms with Gasteiger partial charge in [-0.1, -0.05) is 53.7 Å². The monoisotopic (exact) mass is 517 g/mol. The van der Waals surface area contributed by atoms with Crippen molar-refractivity contribution in [1.29, 1.82) is 0 Å². The van der Waals surface area contributed by atoms with E-state index >= 15 is 0 Å². The number of furan rings is 1. The molecule has 1 aliphatic heterocycles. The van der Waals surface area contributed by atoms with Gasteiger partial charge in [0.1, 0.15) is 13.2 Å². The van der Waals surface area contributed by atoms with E-state index in [0.717, 1.165) is 16.3 Å². The summed E-state index contributed by atoms with van der Waals surface area (Å²) < 4.78 is 19.8. The molecule has 0 atom stereocenters. The van der Waals surface area contributed by atoms with Crippen LogP contribution in [0.15, 0.2) is 68.8 Å². The summed E-state index contributed by atoms with van der Waals surface area (Å²) in [5.74, 6) is 3.29. The summed E-state index contributed by atoms with van der Waals surface area (Å²) in [5.41, 5.74) is 2.18. The molecule has 3 heterocycles. The third-order valence-corrected chi connectivity index (χ3v) is 6.46. The van der Waals surface area contributed by atoms with Gasteiger partial charge in [0.25, 0.3) is 0 Å². The molecule has 6 nitrogen and oxygen atoms in total. The average Bonchev–Trinajstić information content (AvgIpc) is 3.39. The molecule has 0 radical (unpaired) electrons. The van der Waals surface area contributed by atoms with E-state index in [0.29, 0.717) is 58.3 Å². The number of halogens is 2. The number of hydrogen-bond donors (Lipinski definition) is 0. The number of nitrogens with zero attached hydrogens (tertiary/aromatic N) is 3. The second-order valence-electron chi connectivity index (χ2n) is 6.87. The van der Waals surface area contributed by atoms with E-state index < -0.39 is 0 Å². The van der Waals surface area contributed by atoms with Crippen molar-refractivity contribution >= 4 is 39.3 Å². The van der Waals surface area contributed by atoms with Crippen LogP contribution in [0.5, 0.6) is 11.5 Å². The minimum atomic E-state index is 0.509. The Hall–Kier alpha value is -2.42. The molecule has 0 fully saturated rings. The maximum absolute atomic E-state index is 6.39. The van der Waals surface area contributed by atoms with Gasteiger partial charge in [-0.25, -0.2) is 0 Å². The maximum atomic E-state index is 6.39. The van der Waals surface area contributed by atoms with Gasteiger partial charge in [-0.2, -0.15) is 0 Å². The van der Waals surface area contributed by atoms with Gasteiger partial charge in [-0.15, -0.1) is 10.2 Å². The van der Waals surface area contributed by atoms with Crippen LogP contribution in [0.2, 0.25) is 5.02 Å². The molecular weight excluding hydrogens is 502 g/mol. The zero-order valence-electron chi connectivity index (χ0n) is 16.3. The van der Waals surface area contributed by atoms with Gasteiger partial charge in [-0.05, 0) is 51.3 Å². The largest absolute Gasteiger partial charge is 0.486 e. The van der Waals surface area contributed by atoms with Gasteiger partial charge >= 0.3 is 0 Å². The lowest BCUT2D eigenvalue weighted by Gasteiger charge is -2.20. The fraction of sp³-hybridized carbons (Fsp3) is 0.182. The van der Waals surface area contributed by atoms with E-state index in [-0.39, 0.29) is 0 Å². The Morgan fingerprint density at radius 1 is 1.00 bits per heavy atom.